The van der Waals surface area contributed by atoms with Crippen LogP contribution in [0.5, 0.6) is 0 Å². The zero-order chi connectivity index (χ0) is 9.97. The molecular weight excluding hydrogens is 176 g/mol. The van der Waals surface area contributed by atoms with E-state index in [-0.39, 0.29) is 5.92 Å². The van der Waals surface area contributed by atoms with Gasteiger partial charge in [-0.2, -0.15) is 0 Å². The second-order valence-electron chi connectivity index (χ2n) is 4.58. The minimum absolute atomic E-state index is 0.278. The highest BCUT2D eigenvalue weighted by Gasteiger charge is 2.32. The summed E-state index contributed by atoms with van der Waals surface area (Å²) in [4.78, 5) is 14.1. The minimum atomic E-state index is 0.278. The van der Waals surface area contributed by atoms with E-state index in [1.165, 1.54) is 12.8 Å². The summed E-state index contributed by atoms with van der Waals surface area (Å²) in [5.74, 6) is 1.48. The Morgan fingerprint density at radius 2 is 2.14 bits per heavy atom. The molecule has 0 aromatic heterocycles. The van der Waals surface area contributed by atoms with Gasteiger partial charge in [-0.25, -0.2) is 0 Å². The average Bonchev–Trinajstić information content (AvgIpc) is 2.84. The van der Waals surface area contributed by atoms with Gasteiger partial charge in [0.1, 0.15) is 0 Å². The molecule has 0 bridgehead atoms. The van der Waals surface area contributed by atoms with Gasteiger partial charge in [-0.1, -0.05) is 6.92 Å². The lowest BCUT2D eigenvalue weighted by Crippen LogP contribution is -2.52. The summed E-state index contributed by atoms with van der Waals surface area (Å²) in [5, 5.41) is 3.16. The molecule has 2 aliphatic rings. The lowest BCUT2D eigenvalue weighted by Gasteiger charge is -2.32. The highest BCUT2D eigenvalue weighted by atomic mass is 16.2. The van der Waals surface area contributed by atoms with Crippen molar-refractivity contribution in [1.29, 1.82) is 0 Å². The third-order valence-electron chi connectivity index (χ3n) is 3.11. The Morgan fingerprint density at radius 1 is 1.43 bits per heavy atom. The van der Waals surface area contributed by atoms with Crippen molar-refractivity contribution in [3.8, 4) is 0 Å². The van der Waals surface area contributed by atoms with Gasteiger partial charge in [0, 0.05) is 26.2 Å². The Labute approximate surface area is 85.8 Å². The van der Waals surface area contributed by atoms with Crippen LogP contribution in [0.25, 0.3) is 0 Å². The molecular formula is C11H20N2O. The van der Waals surface area contributed by atoms with Crippen LogP contribution in [0.4, 0.5) is 0 Å². The fourth-order valence-electron chi connectivity index (χ4n) is 1.89. The van der Waals surface area contributed by atoms with Crippen LogP contribution in [0, 0.1) is 11.8 Å². The van der Waals surface area contributed by atoms with E-state index in [1.54, 1.807) is 0 Å². The van der Waals surface area contributed by atoms with Gasteiger partial charge in [0.25, 0.3) is 0 Å². The second-order valence-corrected chi connectivity index (χ2v) is 4.58. The van der Waals surface area contributed by atoms with Gasteiger partial charge >= 0.3 is 0 Å². The van der Waals surface area contributed by atoms with Crippen molar-refractivity contribution >= 4 is 5.91 Å². The first kappa shape index (κ1) is 9.97. The van der Waals surface area contributed by atoms with Gasteiger partial charge in [-0.3, -0.25) is 4.79 Å². The molecule has 3 heteroatoms. The lowest BCUT2D eigenvalue weighted by molar-refractivity contribution is -0.137. The van der Waals surface area contributed by atoms with E-state index >= 15 is 0 Å². The first-order valence-corrected chi connectivity index (χ1v) is 5.80. The molecule has 1 saturated heterocycles. The number of amides is 1. The number of carbonyl (C=O) groups is 1. The molecule has 1 N–H and O–H groups in total. The molecule has 1 amide bonds. The number of nitrogens with zero attached hydrogens (tertiary/aromatic N) is 1. The first-order valence-electron chi connectivity index (χ1n) is 5.80. The highest BCUT2D eigenvalue weighted by molar-refractivity contribution is 5.80. The van der Waals surface area contributed by atoms with Crippen molar-refractivity contribution in [3.05, 3.63) is 0 Å². The van der Waals surface area contributed by atoms with Crippen LogP contribution in [0.15, 0.2) is 0 Å². The van der Waals surface area contributed by atoms with Crippen LogP contribution in [-0.2, 0) is 4.79 Å². The molecule has 3 nitrogen and oxygen atoms in total. The third-order valence-corrected chi connectivity index (χ3v) is 3.11. The monoisotopic (exact) mass is 196 g/mol. The fourth-order valence-corrected chi connectivity index (χ4v) is 1.89. The van der Waals surface area contributed by atoms with Crippen LogP contribution in [0.2, 0.25) is 0 Å². The molecule has 0 spiro atoms. The molecule has 0 aromatic rings. The SMILES string of the molecule is CCCN(CC1CC1)C(=O)C1CNC1. The van der Waals surface area contributed by atoms with Gasteiger partial charge in [0.2, 0.25) is 5.91 Å². The molecule has 0 radical (unpaired) electrons. The van der Waals surface area contributed by atoms with E-state index < -0.39 is 0 Å². The van der Waals surface area contributed by atoms with Crippen LogP contribution >= 0.6 is 0 Å². The van der Waals surface area contributed by atoms with Crippen molar-refractivity contribution in [2.45, 2.75) is 26.2 Å². The maximum Gasteiger partial charge on any atom is 0.228 e. The summed E-state index contributed by atoms with van der Waals surface area (Å²) in [6.45, 7) is 5.90. The topological polar surface area (TPSA) is 32.3 Å². The van der Waals surface area contributed by atoms with Crippen LogP contribution in [0.3, 0.4) is 0 Å². The van der Waals surface area contributed by atoms with Crippen molar-refractivity contribution in [1.82, 2.24) is 10.2 Å². The highest BCUT2D eigenvalue weighted by Crippen LogP contribution is 2.30. The number of rotatable bonds is 5. The van der Waals surface area contributed by atoms with Crippen molar-refractivity contribution in [3.63, 3.8) is 0 Å². The molecule has 1 heterocycles. The molecule has 0 atom stereocenters. The summed E-state index contributed by atoms with van der Waals surface area (Å²) in [5.41, 5.74) is 0. The van der Waals surface area contributed by atoms with Gasteiger partial charge in [0.05, 0.1) is 5.92 Å². The summed E-state index contributed by atoms with van der Waals surface area (Å²) >= 11 is 0. The molecule has 2 rings (SSSR count). The Balaban J connectivity index is 1.82. The Morgan fingerprint density at radius 3 is 2.57 bits per heavy atom. The Bertz CT molecular complexity index is 209. The zero-order valence-electron chi connectivity index (χ0n) is 8.96. The van der Waals surface area contributed by atoms with Crippen LogP contribution in [-0.4, -0.2) is 37.0 Å². The Hall–Kier alpha value is -0.570. The predicted molar refractivity (Wildman–Crippen MR) is 56.0 cm³/mol. The number of hydrogen-bond acceptors (Lipinski definition) is 2. The van der Waals surface area contributed by atoms with E-state index in [9.17, 15) is 4.79 Å². The van der Waals surface area contributed by atoms with E-state index in [4.69, 9.17) is 0 Å². The van der Waals surface area contributed by atoms with Crippen molar-refractivity contribution < 1.29 is 4.79 Å². The standard InChI is InChI=1S/C11H20N2O/c1-2-5-13(8-9-3-4-9)11(14)10-6-12-7-10/h9-10,12H,2-8H2,1H3. The number of nitrogens with one attached hydrogen (secondary N) is 1. The molecule has 2 fully saturated rings. The van der Waals surface area contributed by atoms with Gasteiger partial charge < -0.3 is 10.2 Å². The maximum absolute atomic E-state index is 12.0. The van der Waals surface area contributed by atoms with Gasteiger partial charge in [-0.15, -0.1) is 0 Å². The van der Waals surface area contributed by atoms with E-state index in [1.807, 2.05) is 0 Å². The quantitative estimate of drug-likeness (QED) is 0.707. The van der Waals surface area contributed by atoms with Crippen molar-refractivity contribution in [2.75, 3.05) is 26.2 Å². The average molecular weight is 196 g/mol. The summed E-state index contributed by atoms with van der Waals surface area (Å²) in [6, 6.07) is 0. The summed E-state index contributed by atoms with van der Waals surface area (Å²) in [6.07, 6.45) is 3.74. The van der Waals surface area contributed by atoms with E-state index in [0.29, 0.717) is 5.91 Å². The predicted octanol–water partition coefficient (Wildman–Crippen LogP) is 0.854. The van der Waals surface area contributed by atoms with Gasteiger partial charge in [-0.05, 0) is 25.2 Å². The normalized spacial score (nSPS) is 21.8. The molecule has 1 aliphatic heterocycles. The van der Waals surface area contributed by atoms with Crippen LogP contribution in [0.1, 0.15) is 26.2 Å². The fraction of sp³-hybridized carbons (Fsp3) is 0.909. The third kappa shape index (κ3) is 2.27. The van der Waals surface area contributed by atoms with Crippen LogP contribution < -0.4 is 5.32 Å². The molecule has 0 aromatic carbocycles. The largest absolute Gasteiger partial charge is 0.342 e. The van der Waals surface area contributed by atoms with E-state index in [2.05, 4.69) is 17.1 Å². The van der Waals surface area contributed by atoms with E-state index in [0.717, 1.165) is 38.5 Å². The lowest BCUT2D eigenvalue weighted by atomic mass is 10.0. The Kier molecular flexibility index (Phi) is 3.06. The zero-order valence-corrected chi connectivity index (χ0v) is 8.96. The number of hydrogen-bond donors (Lipinski definition) is 1. The molecule has 80 valence electrons. The first-order chi connectivity index (χ1) is 6.81. The van der Waals surface area contributed by atoms with Crippen molar-refractivity contribution in [2.24, 2.45) is 11.8 Å². The summed E-state index contributed by atoms with van der Waals surface area (Å²) in [7, 11) is 0. The van der Waals surface area contributed by atoms with Gasteiger partial charge in [0.15, 0.2) is 0 Å². The minimum Gasteiger partial charge on any atom is -0.342 e. The summed E-state index contributed by atoms with van der Waals surface area (Å²) < 4.78 is 0. The number of carbonyl (C=O) groups excluding carboxylic acids is 1. The molecule has 14 heavy (non-hydrogen) atoms. The molecule has 1 aliphatic carbocycles. The molecule has 0 unspecified atom stereocenters. The second kappa shape index (κ2) is 4.30. The smallest absolute Gasteiger partial charge is 0.228 e. The maximum atomic E-state index is 12.0. The molecule has 1 saturated carbocycles.